The number of rotatable bonds is 6. The van der Waals surface area contributed by atoms with Crippen LogP contribution in [0.3, 0.4) is 0 Å². The van der Waals surface area contributed by atoms with Gasteiger partial charge in [-0.05, 0) is 59.7 Å². The minimum Gasteiger partial charge on any atom is -0.438 e. The van der Waals surface area contributed by atoms with Gasteiger partial charge in [0.25, 0.3) is 11.8 Å². The molecule has 0 bridgehead atoms. The SMILES string of the molecule is Cc1nnc(-c2ccc(OC3=NO[C@@H](c4ccc(C(F)(F)F)cc4)C3)cn2)o1.Cc1nnc(-c2ccc(OC3=NO[C@H](c4ccc(C(F)(F)F)cc4)C3)cn2)o1. The first kappa shape index (κ1) is 37.5. The fourth-order valence-corrected chi connectivity index (χ4v) is 5.17. The lowest BCUT2D eigenvalue weighted by molar-refractivity contribution is -0.138. The average Bonchev–Trinajstić information content (AvgIpc) is 4.01. The van der Waals surface area contributed by atoms with Gasteiger partial charge in [-0.1, -0.05) is 34.6 Å². The lowest BCUT2D eigenvalue weighted by Gasteiger charge is -2.10. The molecule has 2 aromatic carbocycles. The standard InChI is InChI=1S/2C18H13F3N4O3/c2*1-10-23-24-17(26-10)14-7-6-13(9-22-14)27-16-8-15(28-25-16)11-2-4-12(5-3-11)18(19,20)21/h2*2-7,9,15H,8H2,1H3/t2*15-/m10/s1. The van der Waals surface area contributed by atoms with Crippen LogP contribution in [-0.4, -0.2) is 42.2 Å². The monoisotopic (exact) mass is 780 g/mol. The lowest BCUT2D eigenvalue weighted by Crippen LogP contribution is -2.08. The third-order valence-corrected chi connectivity index (χ3v) is 7.94. The molecular weight excluding hydrogens is 754 g/mol. The van der Waals surface area contributed by atoms with E-state index in [1.54, 1.807) is 38.1 Å². The molecule has 0 radical (unpaired) electrons. The van der Waals surface area contributed by atoms with Crippen molar-refractivity contribution in [3.05, 3.63) is 119 Å². The number of oxime groups is 2. The summed E-state index contributed by atoms with van der Waals surface area (Å²) < 4.78 is 97.7. The van der Waals surface area contributed by atoms with Gasteiger partial charge in [0.15, 0.2) is 12.2 Å². The second-order valence-electron chi connectivity index (χ2n) is 12.0. The lowest BCUT2D eigenvalue weighted by atomic mass is 10.0. The van der Waals surface area contributed by atoms with E-state index in [0.717, 1.165) is 24.3 Å². The zero-order valence-electron chi connectivity index (χ0n) is 28.9. The molecule has 288 valence electrons. The zero-order chi connectivity index (χ0) is 39.5. The fraction of sp³-hybridized carbons (Fsp3) is 0.222. The van der Waals surface area contributed by atoms with Gasteiger partial charge < -0.3 is 28.0 Å². The first-order valence-corrected chi connectivity index (χ1v) is 16.5. The van der Waals surface area contributed by atoms with Crippen LogP contribution in [0.4, 0.5) is 26.3 Å². The molecule has 0 amide bonds. The minimum atomic E-state index is -4.38. The van der Waals surface area contributed by atoms with E-state index in [0.29, 0.717) is 69.4 Å². The van der Waals surface area contributed by atoms with Crippen LogP contribution in [0.2, 0.25) is 0 Å². The molecule has 0 aliphatic carbocycles. The number of aromatic nitrogens is 6. The second kappa shape index (κ2) is 15.5. The largest absolute Gasteiger partial charge is 0.438 e. The highest BCUT2D eigenvalue weighted by atomic mass is 19.4. The summed E-state index contributed by atoms with van der Waals surface area (Å²) in [6.07, 6.45) is -6.24. The van der Waals surface area contributed by atoms with Gasteiger partial charge >= 0.3 is 12.4 Å². The summed E-state index contributed by atoms with van der Waals surface area (Å²) in [5.41, 5.74) is 0.732. The summed E-state index contributed by atoms with van der Waals surface area (Å²) in [6, 6.07) is 16.2. The summed E-state index contributed by atoms with van der Waals surface area (Å²) in [7, 11) is 0. The Morgan fingerprint density at radius 2 is 0.929 bits per heavy atom. The molecule has 0 saturated heterocycles. The van der Waals surface area contributed by atoms with E-state index in [1.807, 2.05) is 0 Å². The Balaban J connectivity index is 0.000000172. The maximum absolute atomic E-state index is 12.6. The van der Waals surface area contributed by atoms with Crippen LogP contribution in [0.15, 0.2) is 104 Å². The first-order chi connectivity index (χ1) is 26.8. The molecule has 2 aliphatic heterocycles. The highest BCUT2D eigenvalue weighted by Gasteiger charge is 2.33. The third kappa shape index (κ3) is 9.08. The van der Waals surface area contributed by atoms with Gasteiger partial charge in [0.2, 0.25) is 23.6 Å². The quantitative estimate of drug-likeness (QED) is 0.148. The number of halogens is 6. The molecule has 20 heteroatoms. The Morgan fingerprint density at radius 3 is 1.23 bits per heavy atom. The minimum absolute atomic E-state index is 0.288. The topological polar surface area (TPSA) is 165 Å². The van der Waals surface area contributed by atoms with Gasteiger partial charge in [0.1, 0.15) is 22.9 Å². The van der Waals surface area contributed by atoms with Gasteiger partial charge in [-0.25, -0.2) is 9.97 Å². The molecule has 4 aromatic heterocycles. The van der Waals surface area contributed by atoms with Crippen molar-refractivity contribution in [2.75, 3.05) is 0 Å². The molecule has 0 fully saturated rings. The van der Waals surface area contributed by atoms with Crippen molar-refractivity contribution < 1.29 is 54.3 Å². The Kier molecular flexibility index (Phi) is 10.4. The van der Waals surface area contributed by atoms with Crippen LogP contribution in [0.5, 0.6) is 11.5 Å². The van der Waals surface area contributed by atoms with Crippen molar-refractivity contribution in [1.29, 1.82) is 0 Å². The highest BCUT2D eigenvalue weighted by Crippen LogP contribution is 2.35. The molecule has 0 saturated carbocycles. The number of nitrogens with zero attached hydrogens (tertiary/aromatic N) is 8. The third-order valence-electron chi connectivity index (χ3n) is 7.94. The number of pyridine rings is 2. The molecule has 6 heterocycles. The van der Waals surface area contributed by atoms with Crippen LogP contribution < -0.4 is 9.47 Å². The van der Waals surface area contributed by atoms with Gasteiger partial charge in [0, 0.05) is 13.8 Å². The molecule has 6 aromatic rings. The molecule has 0 spiro atoms. The summed E-state index contributed by atoms with van der Waals surface area (Å²) in [5.74, 6) is 2.92. The molecule has 0 N–H and O–H groups in total. The summed E-state index contributed by atoms with van der Waals surface area (Å²) in [5, 5.41) is 22.9. The summed E-state index contributed by atoms with van der Waals surface area (Å²) in [4.78, 5) is 18.9. The van der Waals surface area contributed by atoms with Crippen LogP contribution >= 0.6 is 0 Å². The van der Waals surface area contributed by atoms with Gasteiger partial charge in [-0.15, -0.1) is 20.4 Å². The Morgan fingerprint density at radius 1 is 0.536 bits per heavy atom. The maximum Gasteiger partial charge on any atom is 0.416 e. The van der Waals surface area contributed by atoms with E-state index in [-0.39, 0.29) is 12.8 Å². The maximum atomic E-state index is 12.6. The van der Waals surface area contributed by atoms with E-state index < -0.39 is 35.7 Å². The van der Waals surface area contributed by atoms with Gasteiger partial charge in [0.05, 0.1) is 36.4 Å². The van der Waals surface area contributed by atoms with Crippen LogP contribution in [0.1, 0.15) is 59.1 Å². The van der Waals surface area contributed by atoms with Gasteiger partial charge in [-0.2, -0.15) is 26.3 Å². The van der Waals surface area contributed by atoms with Crippen LogP contribution in [0.25, 0.3) is 23.2 Å². The number of ether oxygens (including phenoxy) is 2. The van der Waals surface area contributed by atoms with Crippen molar-refractivity contribution in [3.63, 3.8) is 0 Å². The number of benzene rings is 2. The van der Waals surface area contributed by atoms with Crippen LogP contribution in [-0.2, 0) is 22.0 Å². The Labute approximate surface area is 311 Å². The predicted molar refractivity (Wildman–Crippen MR) is 180 cm³/mol. The number of hydrogen-bond donors (Lipinski definition) is 0. The molecule has 14 nitrogen and oxygen atoms in total. The second-order valence-corrected chi connectivity index (χ2v) is 12.0. The zero-order valence-corrected chi connectivity index (χ0v) is 28.9. The molecule has 2 aliphatic rings. The molecule has 0 unspecified atom stereocenters. The van der Waals surface area contributed by atoms with E-state index >= 15 is 0 Å². The van der Waals surface area contributed by atoms with Crippen molar-refractivity contribution >= 4 is 11.8 Å². The molecular formula is C36H26F6N8O6. The number of aryl methyl sites for hydroxylation is 2. The van der Waals surface area contributed by atoms with E-state index in [9.17, 15) is 26.3 Å². The Hall–Kier alpha value is -6.86. The molecule has 2 atom stereocenters. The van der Waals surface area contributed by atoms with Crippen LogP contribution in [0, 0.1) is 13.8 Å². The van der Waals surface area contributed by atoms with Crippen molar-refractivity contribution in [1.82, 2.24) is 30.4 Å². The van der Waals surface area contributed by atoms with Crippen molar-refractivity contribution in [2.45, 2.75) is 51.2 Å². The normalized spacial score (nSPS) is 16.6. The van der Waals surface area contributed by atoms with E-state index in [1.165, 1.54) is 36.7 Å². The van der Waals surface area contributed by atoms with Gasteiger partial charge in [-0.3, -0.25) is 0 Å². The summed E-state index contributed by atoms with van der Waals surface area (Å²) >= 11 is 0. The molecule has 8 rings (SSSR count). The number of hydrogen-bond acceptors (Lipinski definition) is 14. The van der Waals surface area contributed by atoms with E-state index in [4.69, 9.17) is 28.0 Å². The highest BCUT2D eigenvalue weighted by molar-refractivity contribution is 5.80. The Bertz CT molecular complexity index is 2160. The summed E-state index contributed by atoms with van der Waals surface area (Å²) in [6.45, 7) is 3.36. The predicted octanol–water partition coefficient (Wildman–Crippen LogP) is 8.63. The molecule has 56 heavy (non-hydrogen) atoms. The van der Waals surface area contributed by atoms with Crippen molar-refractivity contribution in [3.8, 4) is 34.7 Å². The van der Waals surface area contributed by atoms with E-state index in [2.05, 4.69) is 40.7 Å². The first-order valence-electron chi connectivity index (χ1n) is 16.5. The average molecular weight is 781 g/mol. The number of alkyl halides is 6. The fourth-order valence-electron chi connectivity index (χ4n) is 5.17. The van der Waals surface area contributed by atoms with Crippen molar-refractivity contribution in [2.24, 2.45) is 10.3 Å². The smallest absolute Gasteiger partial charge is 0.416 e.